The van der Waals surface area contributed by atoms with Gasteiger partial charge >= 0.3 is 0 Å². The quantitative estimate of drug-likeness (QED) is 0.256. The standard InChI is InChI=1S/C31H30N2O5/c34-29(20-23-10-4-1-5-11-23)31(36)33-28(22-37-21-24-12-6-2-7-13-24)30(35)32-25-16-18-27(19-17-25)38-26-14-8-3-9-15-26/h1-19,28-29,34H,20-22H2,(H,32,35)(H,33,36)/t28?,29-/m1/s1. The molecule has 2 atom stereocenters. The van der Waals surface area contributed by atoms with Crippen molar-refractivity contribution in [2.45, 2.75) is 25.2 Å². The van der Waals surface area contributed by atoms with Crippen LogP contribution >= 0.6 is 0 Å². The smallest absolute Gasteiger partial charge is 0.249 e. The largest absolute Gasteiger partial charge is 0.457 e. The Balaban J connectivity index is 1.38. The summed E-state index contributed by atoms with van der Waals surface area (Å²) in [5, 5.41) is 15.9. The molecule has 0 aliphatic rings. The molecule has 0 fully saturated rings. The van der Waals surface area contributed by atoms with Crippen LogP contribution in [0.25, 0.3) is 0 Å². The molecule has 0 aliphatic heterocycles. The van der Waals surface area contributed by atoms with Crippen molar-refractivity contribution in [2.75, 3.05) is 11.9 Å². The van der Waals surface area contributed by atoms with Crippen molar-refractivity contribution in [3.8, 4) is 11.5 Å². The van der Waals surface area contributed by atoms with Crippen molar-refractivity contribution in [2.24, 2.45) is 0 Å². The highest BCUT2D eigenvalue weighted by Gasteiger charge is 2.25. The van der Waals surface area contributed by atoms with E-state index in [1.807, 2.05) is 91.0 Å². The van der Waals surface area contributed by atoms with Crippen LogP contribution in [0.3, 0.4) is 0 Å². The van der Waals surface area contributed by atoms with Gasteiger partial charge in [-0.3, -0.25) is 9.59 Å². The Labute approximate surface area is 222 Å². The average Bonchev–Trinajstić information content (AvgIpc) is 2.95. The van der Waals surface area contributed by atoms with Gasteiger partial charge in [0.15, 0.2) is 0 Å². The van der Waals surface area contributed by atoms with E-state index in [2.05, 4.69) is 10.6 Å². The molecule has 0 heterocycles. The summed E-state index contributed by atoms with van der Waals surface area (Å²) in [6.07, 6.45) is -1.18. The van der Waals surface area contributed by atoms with Gasteiger partial charge in [0.25, 0.3) is 0 Å². The fraction of sp³-hybridized carbons (Fsp3) is 0.161. The maximum atomic E-state index is 13.1. The normalized spacial score (nSPS) is 12.2. The van der Waals surface area contributed by atoms with Crippen molar-refractivity contribution < 1.29 is 24.2 Å². The molecule has 0 aromatic heterocycles. The number of aliphatic hydroxyl groups is 1. The summed E-state index contributed by atoms with van der Waals surface area (Å²) in [5.41, 5.74) is 2.29. The summed E-state index contributed by atoms with van der Waals surface area (Å²) >= 11 is 0. The molecule has 4 aromatic carbocycles. The number of rotatable bonds is 12. The van der Waals surface area contributed by atoms with Crippen LogP contribution in [0.15, 0.2) is 115 Å². The van der Waals surface area contributed by atoms with Gasteiger partial charge in [-0.25, -0.2) is 0 Å². The third kappa shape index (κ3) is 8.30. The second-order valence-electron chi connectivity index (χ2n) is 8.70. The van der Waals surface area contributed by atoms with Gasteiger partial charge < -0.3 is 25.2 Å². The van der Waals surface area contributed by atoms with E-state index in [1.54, 1.807) is 24.3 Å². The molecule has 0 saturated heterocycles. The van der Waals surface area contributed by atoms with E-state index in [9.17, 15) is 14.7 Å². The SMILES string of the molecule is O=C(Nc1ccc(Oc2ccccc2)cc1)C(COCc1ccccc1)NC(=O)[C@H](O)Cc1ccccc1. The second-order valence-corrected chi connectivity index (χ2v) is 8.70. The first kappa shape index (κ1) is 26.6. The number of aliphatic hydroxyl groups excluding tert-OH is 1. The molecule has 4 aromatic rings. The molecule has 0 spiro atoms. The van der Waals surface area contributed by atoms with E-state index in [-0.39, 0.29) is 19.6 Å². The Morgan fingerprint density at radius 2 is 1.24 bits per heavy atom. The second kappa shape index (κ2) is 13.7. The predicted octanol–water partition coefficient (Wildman–Crippen LogP) is 4.72. The lowest BCUT2D eigenvalue weighted by Crippen LogP contribution is -2.50. The third-order valence-electron chi connectivity index (χ3n) is 5.70. The van der Waals surface area contributed by atoms with Crippen LogP contribution in [-0.4, -0.2) is 35.7 Å². The third-order valence-corrected chi connectivity index (χ3v) is 5.70. The molecular formula is C31H30N2O5. The van der Waals surface area contributed by atoms with Crippen molar-refractivity contribution in [1.29, 1.82) is 0 Å². The number of carbonyl (C=O) groups excluding carboxylic acids is 2. The number of amides is 2. The number of hydrogen-bond donors (Lipinski definition) is 3. The number of nitrogens with one attached hydrogen (secondary N) is 2. The van der Waals surface area contributed by atoms with Gasteiger partial charge in [0, 0.05) is 12.1 Å². The first-order valence-corrected chi connectivity index (χ1v) is 12.3. The van der Waals surface area contributed by atoms with Gasteiger partial charge in [-0.05, 0) is 47.5 Å². The Morgan fingerprint density at radius 1 is 0.684 bits per heavy atom. The van der Waals surface area contributed by atoms with Gasteiger partial charge in [0.2, 0.25) is 11.8 Å². The number of para-hydroxylation sites is 1. The maximum Gasteiger partial charge on any atom is 0.249 e. The van der Waals surface area contributed by atoms with Crippen molar-refractivity contribution in [1.82, 2.24) is 5.32 Å². The number of carbonyl (C=O) groups is 2. The van der Waals surface area contributed by atoms with E-state index in [4.69, 9.17) is 9.47 Å². The number of benzene rings is 4. The molecule has 38 heavy (non-hydrogen) atoms. The average molecular weight is 511 g/mol. The topological polar surface area (TPSA) is 96.9 Å². The molecule has 0 radical (unpaired) electrons. The van der Waals surface area contributed by atoms with E-state index < -0.39 is 24.0 Å². The Bertz CT molecular complexity index is 1280. The van der Waals surface area contributed by atoms with Gasteiger partial charge in [0.05, 0.1) is 13.2 Å². The molecule has 4 rings (SSSR count). The summed E-state index contributed by atoms with van der Waals surface area (Å²) in [4.78, 5) is 25.9. The van der Waals surface area contributed by atoms with Gasteiger partial charge in [-0.1, -0.05) is 78.9 Å². The molecule has 2 amide bonds. The lowest BCUT2D eigenvalue weighted by Gasteiger charge is -2.21. The zero-order chi connectivity index (χ0) is 26.6. The van der Waals surface area contributed by atoms with Crippen LogP contribution in [0.1, 0.15) is 11.1 Å². The van der Waals surface area contributed by atoms with Crippen LogP contribution < -0.4 is 15.4 Å². The van der Waals surface area contributed by atoms with E-state index in [0.717, 1.165) is 11.1 Å². The Morgan fingerprint density at radius 3 is 1.87 bits per heavy atom. The predicted molar refractivity (Wildman–Crippen MR) is 146 cm³/mol. The van der Waals surface area contributed by atoms with E-state index in [0.29, 0.717) is 17.2 Å². The Hall–Kier alpha value is -4.46. The lowest BCUT2D eigenvalue weighted by molar-refractivity contribution is -0.133. The van der Waals surface area contributed by atoms with Crippen LogP contribution in [0, 0.1) is 0 Å². The molecule has 7 nitrogen and oxygen atoms in total. The van der Waals surface area contributed by atoms with Crippen molar-refractivity contribution >= 4 is 17.5 Å². The number of ether oxygens (including phenoxy) is 2. The molecule has 0 bridgehead atoms. The summed E-state index contributed by atoms with van der Waals surface area (Å²) in [6.45, 7) is 0.207. The number of anilines is 1. The molecule has 7 heteroatoms. The highest BCUT2D eigenvalue weighted by molar-refractivity contribution is 5.97. The first-order chi connectivity index (χ1) is 18.6. The minimum Gasteiger partial charge on any atom is -0.457 e. The van der Waals surface area contributed by atoms with Crippen LogP contribution in [-0.2, 0) is 27.4 Å². The summed E-state index contributed by atoms with van der Waals surface area (Å²) < 4.78 is 11.5. The molecule has 3 N–H and O–H groups in total. The minimum absolute atomic E-state index is 0.0697. The summed E-state index contributed by atoms with van der Waals surface area (Å²) in [6, 6.07) is 34.0. The monoisotopic (exact) mass is 510 g/mol. The fourth-order valence-corrected chi connectivity index (χ4v) is 3.71. The summed E-state index contributed by atoms with van der Waals surface area (Å²) in [5.74, 6) is 0.213. The fourth-order valence-electron chi connectivity index (χ4n) is 3.71. The lowest BCUT2D eigenvalue weighted by atomic mass is 10.1. The van der Waals surface area contributed by atoms with Gasteiger partial charge in [-0.2, -0.15) is 0 Å². The highest BCUT2D eigenvalue weighted by atomic mass is 16.5. The highest BCUT2D eigenvalue weighted by Crippen LogP contribution is 2.22. The molecular weight excluding hydrogens is 480 g/mol. The molecule has 0 aliphatic carbocycles. The maximum absolute atomic E-state index is 13.1. The van der Waals surface area contributed by atoms with Crippen LogP contribution in [0.2, 0.25) is 0 Å². The zero-order valence-corrected chi connectivity index (χ0v) is 20.8. The first-order valence-electron chi connectivity index (χ1n) is 12.3. The van der Waals surface area contributed by atoms with Crippen LogP contribution in [0.5, 0.6) is 11.5 Å². The number of hydrogen-bond acceptors (Lipinski definition) is 5. The van der Waals surface area contributed by atoms with Crippen molar-refractivity contribution in [3.05, 3.63) is 126 Å². The van der Waals surface area contributed by atoms with E-state index in [1.165, 1.54) is 0 Å². The van der Waals surface area contributed by atoms with Crippen molar-refractivity contribution in [3.63, 3.8) is 0 Å². The van der Waals surface area contributed by atoms with Gasteiger partial charge in [0.1, 0.15) is 23.6 Å². The molecule has 1 unspecified atom stereocenters. The van der Waals surface area contributed by atoms with Crippen LogP contribution in [0.4, 0.5) is 5.69 Å². The minimum atomic E-state index is -1.31. The molecule has 194 valence electrons. The zero-order valence-electron chi connectivity index (χ0n) is 20.8. The summed E-state index contributed by atoms with van der Waals surface area (Å²) in [7, 11) is 0. The molecule has 0 saturated carbocycles. The van der Waals surface area contributed by atoms with E-state index >= 15 is 0 Å². The van der Waals surface area contributed by atoms with Gasteiger partial charge in [-0.15, -0.1) is 0 Å². The Kier molecular flexibility index (Phi) is 9.62.